The monoisotopic (exact) mass is 379 g/mol. The van der Waals surface area contributed by atoms with Crippen molar-refractivity contribution < 1.29 is 9.53 Å². The van der Waals surface area contributed by atoms with Gasteiger partial charge in [0.05, 0.1) is 23.4 Å². The van der Waals surface area contributed by atoms with Crippen molar-refractivity contribution in [1.82, 2.24) is 9.88 Å². The number of rotatable bonds is 5. The molecule has 1 atom stereocenters. The van der Waals surface area contributed by atoms with Crippen LogP contribution in [0.5, 0.6) is 5.75 Å². The first-order chi connectivity index (χ1) is 13.2. The molecular formula is C21H21N3O2S. The van der Waals surface area contributed by atoms with Crippen molar-refractivity contribution in [2.24, 2.45) is 0 Å². The van der Waals surface area contributed by atoms with Crippen molar-refractivity contribution in [3.8, 4) is 5.75 Å². The van der Waals surface area contributed by atoms with Gasteiger partial charge in [-0.25, -0.2) is 4.98 Å². The van der Waals surface area contributed by atoms with Gasteiger partial charge in [-0.2, -0.15) is 0 Å². The summed E-state index contributed by atoms with van der Waals surface area (Å²) in [5, 5.41) is 6.51. The number of benzene rings is 2. The third-order valence-corrected chi connectivity index (χ3v) is 5.53. The van der Waals surface area contributed by atoms with E-state index in [2.05, 4.69) is 10.3 Å². The summed E-state index contributed by atoms with van der Waals surface area (Å²) in [7, 11) is 1.66. The Kier molecular flexibility index (Phi) is 4.81. The van der Waals surface area contributed by atoms with Gasteiger partial charge in [-0.05, 0) is 43.2 Å². The average Bonchev–Trinajstić information content (AvgIpc) is 3.14. The first-order valence-electron chi connectivity index (χ1n) is 8.87. The van der Waals surface area contributed by atoms with Gasteiger partial charge in [0.25, 0.3) is 5.91 Å². The molecule has 2 heterocycles. The van der Waals surface area contributed by atoms with Gasteiger partial charge in [-0.1, -0.05) is 24.3 Å². The molecule has 5 nitrogen and oxygen atoms in total. The molecular weight excluding hydrogens is 358 g/mol. The molecule has 4 rings (SSSR count). The number of fused-ring (bicyclic) bond motifs is 1. The normalized spacial score (nSPS) is 16.0. The number of hydrogen-bond acceptors (Lipinski definition) is 5. The second kappa shape index (κ2) is 7.40. The lowest BCUT2D eigenvalue weighted by Gasteiger charge is -2.37. The number of methoxy groups -OCH3 is 1. The Morgan fingerprint density at radius 3 is 2.67 bits per heavy atom. The van der Waals surface area contributed by atoms with E-state index in [9.17, 15) is 4.79 Å². The summed E-state index contributed by atoms with van der Waals surface area (Å²) in [6.45, 7) is 2.59. The Balaban J connectivity index is 1.61. The second-order valence-corrected chi connectivity index (χ2v) is 7.54. The van der Waals surface area contributed by atoms with E-state index in [-0.39, 0.29) is 12.1 Å². The molecule has 1 N–H and O–H groups in total. The molecule has 0 unspecified atom stereocenters. The first kappa shape index (κ1) is 17.5. The van der Waals surface area contributed by atoms with Crippen molar-refractivity contribution in [2.75, 3.05) is 19.0 Å². The van der Waals surface area contributed by atoms with Crippen LogP contribution in [0.2, 0.25) is 0 Å². The Morgan fingerprint density at radius 2 is 1.96 bits per heavy atom. The van der Waals surface area contributed by atoms with Crippen LogP contribution in [0.1, 0.15) is 32.8 Å². The van der Waals surface area contributed by atoms with E-state index in [1.807, 2.05) is 65.7 Å². The molecule has 2 aromatic carbocycles. The number of anilines is 1. The molecule has 0 saturated carbocycles. The largest absolute Gasteiger partial charge is 0.497 e. The highest BCUT2D eigenvalue weighted by molar-refractivity contribution is 7.09. The van der Waals surface area contributed by atoms with Gasteiger partial charge < -0.3 is 15.0 Å². The second-order valence-electron chi connectivity index (χ2n) is 6.48. The maximum Gasteiger partial charge on any atom is 0.257 e. The fraction of sp³-hybridized carbons (Fsp3) is 0.238. The van der Waals surface area contributed by atoms with Crippen molar-refractivity contribution in [1.29, 1.82) is 0 Å². The van der Waals surface area contributed by atoms with Crippen LogP contribution in [0.25, 0.3) is 0 Å². The van der Waals surface area contributed by atoms with E-state index in [0.717, 1.165) is 34.1 Å². The summed E-state index contributed by atoms with van der Waals surface area (Å²) >= 11 is 1.60. The van der Waals surface area contributed by atoms with Crippen molar-refractivity contribution in [2.45, 2.75) is 19.5 Å². The predicted molar refractivity (Wildman–Crippen MR) is 107 cm³/mol. The number of aromatic nitrogens is 1. The number of carbonyl (C=O) groups is 1. The number of nitrogens with zero attached hydrogens (tertiary/aromatic N) is 2. The fourth-order valence-electron chi connectivity index (χ4n) is 3.30. The van der Waals surface area contributed by atoms with Gasteiger partial charge in [0, 0.05) is 17.6 Å². The highest BCUT2D eigenvalue weighted by atomic mass is 32.1. The van der Waals surface area contributed by atoms with Crippen molar-refractivity contribution >= 4 is 22.9 Å². The number of thiazole rings is 1. The summed E-state index contributed by atoms with van der Waals surface area (Å²) in [4.78, 5) is 19.7. The lowest BCUT2D eigenvalue weighted by atomic mass is 10.0. The first-order valence-corrected chi connectivity index (χ1v) is 9.75. The molecule has 6 heteroatoms. The quantitative estimate of drug-likeness (QED) is 0.719. The van der Waals surface area contributed by atoms with Crippen LogP contribution in [0.4, 0.5) is 5.69 Å². The SMILES string of the molecule is COc1ccc(CCN2C(=O)c3ccccc3N[C@H]2c2csc(C)n2)cc1. The minimum atomic E-state index is -0.254. The highest BCUT2D eigenvalue weighted by Gasteiger charge is 2.33. The van der Waals surface area contributed by atoms with Gasteiger partial charge in [0.15, 0.2) is 0 Å². The van der Waals surface area contributed by atoms with Gasteiger partial charge in [-0.15, -0.1) is 11.3 Å². The molecule has 0 aliphatic carbocycles. The van der Waals surface area contributed by atoms with E-state index < -0.39 is 0 Å². The summed E-state index contributed by atoms with van der Waals surface area (Å²) in [5.74, 6) is 0.868. The summed E-state index contributed by atoms with van der Waals surface area (Å²) in [6, 6.07) is 15.6. The van der Waals surface area contributed by atoms with Crippen LogP contribution in [0.3, 0.4) is 0 Å². The number of hydrogen-bond donors (Lipinski definition) is 1. The Morgan fingerprint density at radius 1 is 1.19 bits per heavy atom. The van der Waals surface area contributed by atoms with Crippen molar-refractivity contribution in [3.63, 3.8) is 0 Å². The van der Waals surface area contributed by atoms with Crippen molar-refractivity contribution in [3.05, 3.63) is 75.7 Å². The molecule has 0 fully saturated rings. The van der Waals surface area contributed by atoms with E-state index in [4.69, 9.17) is 4.74 Å². The van der Waals surface area contributed by atoms with Gasteiger partial charge in [-0.3, -0.25) is 4.79 Å². The zero-order valence-electron chi connectivity index (χ0n) is 15.3. The topological polar surface area (TPSA) is 54.5 Å². The molecule has 1 aliphatic rings. The molecule has 1 amide bonds. The fourth-order valence-corrected chi connectivity index (χ4v) is 3.94. The average molecular weight is 379 g/mol. The van der Waals surface area contributed by atoms with E-state index in [1.54, 1.807) is 18.4 Å². The molecule has 138 valence electrons. The smallest absolute Gasteiger partial charge is 0.257 e. The van der Waals surface area contributed by atoms with Crippen LogP contribution in [-0.4, -0.2) is 29.4 Å². The Labute approximate surface area is 162 Å². The zero-order chi connectivity index (χ0) is 18.8. The lowest BCUT2D eigenvalue weighted by molar-refractivity contribution is 0.0682. The maximum atomic E-state index is 13.2. The summed E-state index contributed by atoms with van der Waals surface area (Å²) in [5.41, 5.74) is 3.61. The third kappa shape index (κ3) is 3.53. The maximum absolute atomic E-state index is 13.2. The van der Waals surface area contributed by atoms with E-state index in [1.165, 1.54) is 0 Å². The van der Waals surface area contributed by atoms with Crippen LogP contribution in [0, 0.1) is 6.92 Å². The van der Waals surface area contributed by atoms with Gasteiger partial charge in [0.2, 0.25) is 0 Å². The molecule has 0 spiro atoms. The number of nitrogens with one attached hydrogen (secondary N) is 1. The van der Waals surface area contributed by atoms with Crippen LogP contribution >= 0.6 is 11.3 Å². The molecule has 0 saturated heterocycles. The predicted octanol–water partition coefficient (Wildman–Crippen LogP) is 4.27. The van der Waals surface area contributed by atoms with Gasteiger partial charge in [0.1, 0.15) is 11.9 Å². The molecule has 1 aliphatic heterocycles. The number of aryl methyl sites for hydroxylation is 1. The lowest BCUT2D eigenvalue weighted by Crippen LogP contribution is -2.44. The molecule has 27 heavy (non-hydrogen) atoms. The van der Waals surface area contributed by atoms with E-state index in [0.29, 0.717) is 12.1 Å². The molecule has 1 aromatic heterocycles. The standard InChI is InChI=1S/C21H21N3O2S/c1-14-22-19(13-27-14)20-23-18-6-4-3-5-17(18)21(25)24(20)12-11-15-7-9-16(26-2)10-8-15/h3-10,13,20,23H,11-12H2,1-2H3/t20-/m1/s1. The van der Waals surface area contributed by atoms with E-state index >= 15 is 0 Å². The number of amides is 1. The number of carbonyl (C=O) groups excluding carboxylic acids is 1. The number of para-hydroxylation sites is 1. The number of ether oxygens (including phenoxy) is 1. The highest BCUT2D eigenvalue weighted by Crippen LogP contribution is 2.33. The Hall–Kier alpha value is -2.86. The van der Waals surface area contributed by atoms with Crippen LogP contribution < -0.4 is 10.1 Å². The zero-order valence-corrected chi connectivity index (χ0v) is 16.1. The van der Waals surface area contributed by atoms with Crippen LogP contribution in [-0.2, 0) is 6.42 Å². The van der Waals surface area contributed by atoms with Crippen LogP contribution in [0.15, 0.2) is 53.9 Å². The third-order valence-electron chi connectivity index (χ3n) is 4.74. The molecule has 0 bridgehead atoms. The molecule has 3 aromatic rings. The minimum absolute atomic E-state index is 0.0357. The minimum Gasteiger partial charge on any atom is -0.497 e. The summed E-state index contributed by atoms with van der Waals surface area (Å²) < 4.78 is 5.22. The summed E-state index contributed by atoms with van der Waals surface area (Å²) in [6.07, 6.45) is 0.509. The Bertz CT molecular complexity index is 952. The van der Waals surface area contributed by atoms with Gasteiger partial charge >= 0.3 is 0 Å². The molecule has 0 radical (unpaired) electrons.